The van der Waals surface area contributed by atoms with E-state index in [1.54, 1.807) is 0 Å². The van der Waals surface area contributed by atoms with Gasteiger partial charge in [-0.3, -0.25) is 0 Å². The SMILES string of the molecule is N#CCC12CC3CC(CC(C3)C1Cc1ccccc1)C2. The molecule has 20 heavy (non-hydrogen) atoms. The molecule has 0 amide bonds. The molecule has 0 spiro atoms. The zero-order valence-corrected chi connectivity index (χ0v) is 12.1. The molecule has 1 aromatic carbocycles. The number of nitriles is 1. The van der Waals surface area contributed by atoms with Gasteiger partial charge in [-0.05, 0) is 73.2 Å². The second kappa shape index (κ2) is 4.62. The van der Waals surface area contributed by atoms with Crippen LogP contribution in [0.4, 0.5) is 0 Å². The molecule has 0 heterocycles. The van der Waals surface area contributed by atoms with E-state index in [1.807, 2.05) is 0 Å². The molecule has 4 fully saturated rings. The van der Waals surface area contributed by atoms with Crippen molar-refractivity contribution in [1.29, 1.82) is 5.26 Å². The minimum Gasteiger partial charge on any atom is -0.198 e. The highest BCUT2D eigenvalue weighted by Gasteiger charge is 2.56. The van der Waals surface area contributed by atoms with E-state index in [-0.39, 0.29) is 0 Å². The summed E-state index contributed by atoms with van der Waals surface area (Å²) < 4.78 is 0. The van der Waals surface area contributed by atoms with Gasteiger partial charge in [0, 0.05) is 6.42 Å². The highest BCUT2D eigenvalue weighted by molar-refractivity contribution is 5.18. The third kappa shape index (κ3) is 1.89. The van der Waals surface area contributed by atoms with Crippen molar-refractivity contribution in [2.24, 2.45) is 29.1 Å². The number of benzene rings is 1. The Kier molecular flexibility index (Phi) is 2.88. The lowest BCUT2D eigenvalue weighted by atomic mass is 9.43. The van der Waals surface area contributed by atoms with E-state index < -0.39 is 0 Å². The first-order chi connectivity index (χ1) is 9.79. The largest absolute Gasteiger partial charge is 0.198 e. The quantitative estimate of drug-likeness (QED) is 0.784. The number of hydrogen-bond donors (Lipinski definition) is 0. The molecule has 4 aliphatic rings. The Morgan fingerprint density at radius 3 is 2.40 bits per heavy atom. The van der Waals surface area contributed by atoms with Crippen molar-refractivity contribution in [2.45, 2.75) is 44.9 Å². The van der Waals surface area contributed by atoms with E-state index in [1.165, 1.54) is 44.1 Å². The van der Waals surface area contributed by atoms with Gasteiger partial charge in [-0.2, -0.15) is 5.26 Å². The van der Waals surface area contributed by atoms with Crippen LogP contribution in [0.2, 0.25) is 0 Å². The Morgan fingerprint density at radius 1 is 1.05 bits per heavy atom. The fourth-order valence-corrected chi connectivity index (χ4v) is 6.00. The van der Waals surface area contributed by atoms with Gasteiger partial charge in [0.25, 0.3) is 0 Å². The number of nitrogens with zero attached hydrogens (tertiary/aromatic N) is 1. The van der Waals surface area contributed by atoms with E-state index >= 15 is 0 Å². The normalized spacial score (nSPS) is 41.5. The predicted molar refractivity (Wildman–Crippen MR) is 79.9 cm³/mol. The van der Waals surface area contributed by atoms with Gasteiger partial charge in [0.2, 0.25) is 0 Å². The molecule has 0 aromatic heterocycles. The lowest BCUT2D eigenvalue weighted by Gasteiger charge is -2.61. The van der Waals surface area contributed by atoms with Gasteiger partial charge < -0.3 is 0 Å². The van der Waals surface area contributed by atoms with Crippen molar-refractivity contribution in [1.82, 2.24) is 0 Å². The monoisotopic (exact) mass is 265 g/mol. The first-order valence-corrected chi connectivity index (χ1v) is 8.20. The number of rotatable bonds is 3. The van der Waals surface area contributed by atoms with Crippen molar-refractivity contribution in [3.63, 3.8) is 0 Å². The molecule has 4 saturated carbocycles. The van der Waals surface area contributed by atoms with Crippen LogP contribution in [-0.2, 0) is 6.42 Å². The van der Waals surface area contributed by atoms with Crippen molar-refractivity contribution in [3.8, 4) is 6.07 Å². The standard InChI is InChI=1S/C19H23N/c20-7-6-19-12-15-8-16(13-19)10-17(9-15)18(19)11-14-4-2-1-3-5-14/h1-5,15-18H,6,8-13H2. The van der Waals surface area contributed by atoms with Gasteiger partial charge in [-0.1, -0.05) is 30.3 Å². The third-order valence-electron chi connectivity index (χ3n) is 6.41. The Balaban J connectivity index is 1.65. The van der Waals surface area contributed by atoms with E-state index in [9.17, 15) is 5.26 Å². The molecule has 3 atom stereocenters. The Morgan fingerprint density at radius 2 is 1.75 bits per heavy atom. The first kappa shape index (κ1) is 12.5. The fraction of sp³-hybridized carbons (Fsp3) is 0.632. The van der Waals surface area contributed by atoms with Gasteiger partial charge in [0.15, 0.2) is 0 Å². The molecule has 0 saturated heterocycles. The average Bonchev–Trinajstić information content (AvgIpc) is 2.43. The van der Waals surface area contributed by atoms with Crippen LogP contribution < -0.4 is 0 Å². The second-order valence-corrected chi connectivity index (χ2v) is 7.60. The molecule has 1 heteroatoms. The van der Waals surface area contributed by atoms with Crippen LogP contribution in [0, 0.1) is 40.4 Å². The topological polar surface area (TPSA) is 23.8 Å². The summed E-state index contributed by atoms with van der Waals surface area (Å²) in [6.07, 6.45) is 9.03. The molecule has 1 nitrogen and oxygen atoms in total. The average molecular weight is 265 g/mol. The minimum atomic E-state index is 0.360. The van der Waals surface area contributed by atoms with E-state index in [0.717, 1.165) is 30.1 Å². The summed E-state index contributed by atoms with van der Waals surface area (Å²) >= 11 is 0. The van der Waals surface area contributed by atoms with E-state index in [2.05, 4.69) is 36.4 Å². The van der Waals surface area contributed by atoms with Crippen LogP contribution in [0.3, 0.4) is 0 Å². The summed E-state index contributed by atoms with van der Waals surface area (Å²) in [5.41, 5.74) is 1.83. The highest BCUT2D eigenvalue weighted by Crippen LogP contribution is 2.64. The van der Waals surface area contributed by atoms with Gasteiger partial charge in [0.1, 0.15) is 0 Å². The molecule has 0 aliphatic heterocycles. The maximum absolute atomic E-state index is 9.36. The van der Waals surface area contributed by atoms with Gasteiger partial charge >= 0.3 is 0 Å². The van der Waals surface area contributed by atoms with Crippen molar-refractivity contribution in [3.05, 3.63) is 35.9 Å². The Hall–Kier alpha value is -1.29. The lowest BCUT2D eigenvalue weighted by Crippen LogP contribution is -2.53. The lowest BCUT2D eigenvalue weighted by molar-refractivity contribution is -0.106. The molecule has 104 valence electrons. The molecule has 0 radical (unpaired) electrons. The number of hydrogen-bond acceptors (Lipinski definition) is 1. The summed E-state index contributed by atoms with van der Waals surface area (Å²) in [5.74, 6) is 3.54. The zero-order valence-electron chi connectivity index (χ0n) is 12.1. The summed E-state index contributed by atoms with van der Waals surface area (Å²) in [4.78, 5) is 0. The van der Waals surface area contributed by atoms with E-state index in [0.29, 0.717) is 5.41 Å². The highest BCUT2D eigenvalue weighted by atomic mass is 14.6. The van der Waals surface area contributed by atoms with Crippen LogP contribution >= 0.6 is 0 Å². The second-order valence-electron chi connectivity index (χ2n) is 7.60. The summed E-state index contributed by atoms with van der Waals surface area (Å²) in [6.45, 7) is 0. The van der Waals surface area contributed by atoms with Crippen LogP contribution in [-0.4, -0.2) is 0 Å². The zero-order chi connectivity index (χ0) is 13.6. The van der Waals surface area contributed by atoms with Crippen molar-refractivity contribution >= 4 is 0 Å². The molecule has 1 aromatic rings. The van der Waals surface area contributed by atoms with Gasteiger partial charge in [-0.15, -0.1) is 0 Å². The van der Waals surface area contributed by atoms with Crippen LogP contribution in [0.25, 0.3) is 0 Å². The predicted octanol–water partition coefficient (Wildman–Crippen LogP) is 4.59. The van der Waals surface area contributed by atoms with Crippen LogP contribution in [0.1, 0.15) is 44.1 Å². The Bertz CT molecular complexity index is 512. The van der Waals surface area contributed by atoms with Crippen molar-refractivity contribution in [2.75, 3.05) is 0 Å². The molecule has 5 rings (SSSR count). The van der Waals surface area contributed by atoms with Gasteiger partial charge in [0.05, 0.1) is 6.07 Å². The summed E-state index contributed by atoms with van der Waals surface area (Å²) in [7, 11) is 0. The van der Waals surface area contributed by atoms with Gasteiger partial charge in [-0.25, -0.2) is 0 Å². The maximum atomic E-state index is 9.36. The first-order valence-electron chi connectivity index (χ1n) is 8.20. The molecule has 0 N–H and O–H groups in total. The van der Waals surface area contributed by atoms with Crippen molar-refractivity contribution < 1.29 is 0 Å². The third-order valence-corrected chi connectivity index (χ3v) is 6.41. The molecule has 3 unspecified atom stereocenters. The molecular weight excluding hydrogens is 242 g/mol. The smallest absolute Gasteiger partial charge is 0.0627 e. The molecular formula is C19H23N. The Labute approximate surface area is 122 Å². The molecule has 4 aliphatic carbocycles. The summed E-state index contributed by atoms with van der Waals surface area (Å²) in [5, 5.41) is 9.36. The minimum absolute atomic E-state index is 0.360. The van der Waals surface area contributed by atoms with Crippen LogP contribution in [0.15, 0.2) is 30.3 Å². The van der Waals surface area contributed by atoms with E-state index in [4.69, 9.17) is 0 Å². The van der Waals surface area contributed by atoms with Crippen LogP contribution in [0.5, 0.6) is 0 Å². The maximum Gasteiger partial charge on any atom is 0.0627 e. The fourth-order valence-electron chi connectivity index (χ4n) is 6.00. The summed E-state index contributed by atoms with van der Waals surface area (Å²) in [6, 6.07) is 13.5. The molecule has 4 bridgehead atoms.